The molecular formula is C15H22N2OS. The van der Waals surface area contributed by atoms with Crippen LogP contribution in [0.3, 0.4) is 0 Å². The van der Waals surface area contributed by atoms with Crippen molar-refractivity contribution in [2.24, 2.45) is 5.92 Å². The van der Waals surface area contributed by atoms with E-state index in [1.165, 1.54) is 25.9 Å². The van der Waals surface area contributed by atoms with Gasteiger partial charge in [-0.1, -0.05) is 0 Å². The molecule has 0 bridgehead atoms. The molecule has 0 spiro atoms. The summed E-state index contributed by atoms with van der Waals surface area (Å²) in [4.78, 5) is 15.2. The molecule has 0 aliphatic carbocycles. The predicted octanol–water partition coefficient (Wildman–Crippen LogP) is 2.44. The van der Waals surface area contributed by atoms with Crippen LogP contribution in [0.1, 0.15) is 29.6 Å². The SMILES string of the molecule is CN1CCC(CCNC(=O)c2ccc(S)cc2)CC1. The van der Waals surface area contributed by atoms with Crippen LogP contribution in [0, 0.1) is 5.92 Å². The molecule has 1 aliphatic heterocycles. The lowest BCUT2D eigenvalue weighted by atomic mass is 9.94. The molecule has 1 fully saturated rings. The fraction of sp³-hybridized carbons (Fsp3) is 0.533. The summed E-state index contributed by atoms with van der Waals surface area (Å²) in [7, 11) is 2.17. The fourth-order valence-electron chi connectivity index (χ4n) is 2.46. The van der Waals surface area contributed by atoms with Gasteiger partial charge in [-0.3, -0.25) is 4.79 Å². The molecular weight excluding hydrogens is 256 g/mol. The molecule has 1 amide bonds. The van der Waals surface area contributed by atoms with E-state index in [2.05, 4.69) is 29.9 Å². The maximum absolute atomic E-state index is 11.9. The van der Waals surface area contributed by atoms with Crippen molar-refractivity contribution in [2.45, 2.75) is 24.2 Å². The van der Waals surface area contributed by atoms with E-state index in [1.807, 2.05) is 24.3 Å². The van der Waals surface area contributed by atoms with Gasteiger partial charge in [0.15, 0.2) is 0 Å². The molecule has 0 radical (unpaired) electrons. The van der Waals surface area contributed by atoms with Crippen LogP contribution in [-0.4, -0.2) is 37.5 Å². The molecule has 104 valence electrons. The van der Waals surface area contributed by atoms with Gasteiger partial charge in [0.1, 0.15) is 0 Å². The van der Waals surface area contributed by atoms with Gasteiger partial charge in [0, 0.05) is 17.0 Å². The van der Waals surface area contributed by atoms with E-state index in [0.29, 0.717) is 5.56 Å². The van der Waals surface area contributed by atoms with Crippen molar-refractivity contribution < 1.29 is 4.79 Å². The first-order valence-electron chi connectivity index (χ1n) is 6.91. The molecule has 1 aromatic carbocycles. The first-order chi connectivity index (χ1) is 9.15. The molecule has 3 nitrogen and oxygen atoms in total. The number of thiol groups is 1. The Hall–Kier alpha value is -1.00. The number of hydrogen-bond donors (Lipinski definition) is 2. The van der Waals surface area contributed by atoms with E-state index < -0.39 is 0 Å². The molecule has 4 heteroatoms. The number of carbonyl (C=O) groups is 1. The van der Waals surface area contributed by atoms with Crippen molar-refractivity contribution in [3.63, 3.8) is 0 Å². The number of amides is 1. The van der Waals surface area contributed by atoms with Gasteiger partial charge in [0.25, 0.3) is 5.91 Å². The Morgan fingerprint density at radius 2 is 1.95 bits per heavy atom. The summed E-state index contributed by atoms with van der Waals surface area (Å²) >= 11 is 4.21. The van der Waals surface area contributed by atoms with Crippen molar-refractivity contribution in [3.05, 3.63) is 29.8 Å². The molecule has 2 rings (SSSR count). The zero-order valence-corrected chi connectivity index (χ0v) is 12.3. The van der Waals surface area contributed by atoms with Gasteiger partial charge in [-0.25, -0.2) is 0 Å². The Morgan fingerprint density at radius 1 is 1.32 bits per heavy atom. The summed E-state index contributed by atoms with van der Waals surface area (Å²) in [6.07, 6.45) is 3.59. The van der Waals surface area contributed by atoms with Crippen LogP contribution in [0.5, 0.6) is 0 Å². The van der Waals surface area contributed by atoms with Gasteiger partial charge in [0.2, 0.25) is 0 Å². The van der Waals surface area contributed by atoms with Crippen LogP contribution < -0.4 is 5.32 Å². The van der Waals surface area contributed by atoms with Crippen LogP contribution in [-0.2, 0) is 0 Å². The smallest absolute Gasteiger partial charge is 0.251 e. The van der Waals surface area contributed by atoms with Crippen molar-refractivity contribution >= 4 is 18.5 Å². The summed E-state index contributed by atoms with van der Waals surface area (Å²) in [5.74, 6) is 0.776. The third-order valence-electron chi connectivity index (χ3n) is 3.81. The van der Waals surface area contributed by atoms with Gasteiger partial charge in [-0.2, -0.15) is 0 Å². The number of hydrogen-bond acceptors (Lipinski definition) is 3. The van der Waals surface area contributed by atoms with Crippen LogP contribution in [0.15, 0.2) is 29.2 Å². The molecule has 1 aliphatic rings. The van der Waals surface area contributed by atoms with Crippen LogP contribution in [0.25, 0.3) is 0 Å². The number of rotatable bonds is 4. The molecule has 0 atom stereocenters. The van der Waals surface area contributed by atoms with Crippen molar-refractivity contribution in [1.29, 1.82) is 0 Å². The van der Waals surface area contributed by atoms with E-state index in [-0.39, 0.29) is 5.91 Å². The Kier molecular flexibility index (Phi) is 5.28. The second-order valence-electron chi connectivity index (χ2n) is 5.34. The summed E-state index contributed by atoms with van der Waals surface area (Å²) < 4.78 is 0. The van der Waals surface area contributed by atoms with Crippen LogP contribution >= 0.6 is 12.6 Å². The Morgan fingerprint density at radius 3 is 2.58 bits per heavy atom. The maximum Gasteiger partial charge on any atom is 0.251 e. The zero-order chi connectivity index (χ0) is 13.7. The standard InChI is InChI=1S/C15H22N2OS/c1-17-10-7-12(8-11-17)6-9-16-15(18)13-2-4-14(19)5-3-13/h2-5,12,19H,6-11H2,1H3,(H,16,18). The second kappa shape index (κ2) is 6.96. The minimum atomic E-state index is 0.0151. The number of benzene rings is 1. The Labute approximate surface area is 120 Å². The second-order valence-corrected chi connectivity index (χ2v) is 5.85. The minimum absolute atomic E-state index is 0.0151. The first-order valence-corrected chi connectivity index (χ1v) is 7.35. The van der Waals surface area contributed by atoms with E-state index in [1.54, 1.807) is 0 Å². The lowest BCUT2D eigenvalue weighted by Gasteiger charge is -2.28. The Bertz CT molecular complexity index is 411. The van der Waals surface area contributed by atoms with Gasteiger partial charge >= 0.3 is 0 Å². The highest BCUT2D eigenvalue weighted by atomic mass is 32.1. The quantitative estimate of drug-likeness (QED) is 0.829. The molecule has 1 saturated heterocycles. The lowest BCUT2D eigenvalue weighted by Crippen LogP contribution is -2.32. The fourth-order valence-corrected chi connectivity index (χ4v) is 2.60. The molecule has 1 N–H and O–H groups in total. The van der Waals surface area contributed by atoms with E-state index in [9.17, 15) is 4.79 Å². The van der Waals surface area contributed by atoms with Gasteiger partial charge in [-0.05, 0) is 69.6 Å². The largest absolute Gasteiger partial charge is 0.352 e. The molecule has 0 unspecified atom stereocenters. The first kappa shape index (κ1) is 14.4. The summed E-state index contributed by atoms with van der Waals surface area (Å²) in [5, 5.41) is 3.00. The van der Waals surface area contributed by atoms with Crippen molar-refractivity contribution in [3.8, 4) is 0 Å². The van der Waals surface area contributed by atoms with E-state index in [0.717, 1.165) is 23.8 Å². The molecule has 19 heavy (non-hydrogen) atoms. The number of carbonyl (C=O) groups excluding carboxylic acids is 1. The summed E-state index contributed by atoms with van der Waals surface area (Å²) in [5.41, 5.74) is 0.709. The molecule has 0 aromatic heterocycles. The molecule has 1 aromatic rings. The third-order valence-corrected chi connectivity index (χ3v) is 4.10. The highest BCUT2D eigenvalue weighted by molar-refractivity contribution is 7.80. The van der Waals surface area contributed by atoms with E-state index in [4.69, 9.17) is 0 Å². The van der Waals surface area contributed by atoms with Gasteiger partial charge in [-0.15, -0.1) is 12.6 Å². The van der Waals surface area contributed by atoms with Crippen LogP contribution in [0.2, 0.25) is 0 Å². The van der Waals surface area contributed by atoms with Crippen LogP contribution in [0.4, 0.5) is 0 Å². The topological polar surface area (TPSA) is 32.3 Å². The van der Waals surface area contributed by atoms with E-state index >= 15 is 0 Å². The van der Waals surface area contributed by atoms with Gasteiger partial charge < -0.3 is 10.2 Å². The Balaban J connectivity index is 1.70. The minimum Gasteiger partial charge on any atom is -0.352 e. The number of nitrogens with one attached hydrogen (secondary N) is 1. The molecule has 0 saturated carbocycles. The van der Waals surface area contributed by atoms with Crippen molar-refractivity contribution in [2.75, 3.05) is 26.7 Å². The predicted molar refractivity (Wildman–Crippen MR) is 80.9 cm³/mol. The molecule has 1 heterocycles. The monoisotopic (exact) mass is 278 g/mol. The average molecular weight is 278 g/mol. The highest BCUT2D eigenvalue weighted by Crippen LogP contribution is 2.18. The number of piperidine rings is 1. The summed E-state index contributed by atoms with van der Waals surface area (Å²) in [6.45, 7) is 3.14. The maximum atomic E-state index is 11.9. The lowest BCUT2D eigenvalue weighted by molar-refractivity contribution is 0.0949. The number of likely N-dealkylation sites (tertiary alicyclic amines) is 1. The van der Waals surface area contributed by atoms with Gasteiger partial charge in [0.05, 0.1) is 0 Å². The third kappa shape index (κ3) is 4.55. The zero-order valence-electron chi connectivity index (χ0n) is 11.4. The number of nitrogens with zero attached hydrogens (tertiary/aromatic N) is 1. The van der Waals surface area contributed by atoms with Crippen molar-refractivity contribution in [1.82, 2.24) is 10.2 Å². The normalized spacial score (nSPS) is 17.4. The average Bonchev–Trinajstić information content (AvgIpc) is 2.41. The summed E-state index contributed by atoms with van der Waals surface area (Å²) in [6, 6.07) is 7.31. The highest BCUT2D eigenvalue weighted by Gasteiger charge is 2.16.